The molecule has 2 unspecified atom stereocenters. The minimum Gasteiger partial charge on any atom is -0.485 e. The zero-order valence-electron chi connectivity index (χ0n) is 17.7. The van der Waals surface area contributed by atoms with E-state index in [1.807, 2.05) is 19.2 Å². The third kappa shape index (κ3) is 4.50. The van der Waals surface area contributed by atoms with E-state index in [0.29, 0.717) is 13.2 Å². The van der Waals surface area contributed by atoms with E-state index in [4.69, 9.17) is 14.2 Å². The predicted octanol–water partition coefficient (Wildman–Crippen LogP) is 5.65. The molecular formula is C24H33NO3. The van der Waals surface area contributed by atoms with Crippen LogP contribution < -0.4 is 10.1 Å². The van der Waals surface area contributed by atoms with Crippen molar-refractivity contribution in [1.82, 2.24) is 0 Å². The number of anilines is 1. The third-order valence-electron chi connectivity index (χ3n) is 5.41. The average molecular weight is 384 g/mol. The van der Waals surface area contributed by atoms with Crippen LogP contribution in [0.15, 0.2) is 42.5 Å². The van der Waals surface area contributed by atoms with E-state index < -0.39 is 5.60 Å². The molecule has 2 atom stereocenters. The van der Waals surface area contributed by atoms with E-state index in [-0.39, 0.29) is 12.2 Å². The maximum atomic E-state index is 6.47. The van der Waals surface area contributed by atoms with Crippen molar-refractivity contribution in [3.05, 3.63) is 59.2 Å². The molecule has 1 aliphatic heterocycles. The van der Waals surface area contributed by atoms with Gasteiger partial charge < -0.3 is 19.5 Å². The maximum Gasteiger partial charge on any atom is 0.132 e. The van der Waals surface area contributed by atoms with Crippen molar-refractivity contribution in [2.45, 2.75) is 65.0 Å². The number of rotatable bonds is 8. The molecule has 28 heavy (non-hydrogen) atoms. The Morgan fingerprint density at radius 2 is 1.89 bits per heavy atom. The minimum absolute atomic E-state index is 0.164. The Morgan fingerprint density at radius 1 is 1.11 bits per heavy atom. The van der Waals surface area contributed by atoms with Crippen LogP contribution in [0, 0.1) is 6.92 Å². The van der Waals surface area contributed by atoms with Crippen molar-refractivity contribution in [1.29, 1.82) is 0 Å². The molecule has 1 heterocycles. The summed E-state index contributed by atoms with van der Waals surface area (Å²) in [5, 5.41) is 3.21. The molecule has 0 saturated heterocycles. The van der Waals surface area contributed by atoms with Crippen molar-refractivity contribution in [3.63, 3.8) is 0 Å². The maximum absolute atomic E-state index is 6.47. The summed E-state index contributed by atoms with van der Waals surface area (Å²) in [5.41, 5.74) is 4.04. The number of unbranched alkanes of at least 4 members (excludes halogenated alkanes) is 1. The van der Waals surface area contributed by atoms with Gasteiger partial charge in [-0.3, -0.25) is 0 Å². The van der Waals surface area contributed by atoms with E-state index in [1.54, 1.807) is 0 Å². The van der Waals surface area contributed by atoms with Gasteiger partial charge >= 0.3 is 0 Å². The van der Waals surface area contributed by atoms with Crippen LogP contribution in [0.25, 0.3) is 0 Å². The van der Waals surface area contributed by atoms with Crippen molar-refractivity contribution in [2.75, 3.05) is 19.0 Å². The number of hydrogen-bond acceptors (Lipinski definition) is 4. The monoisotopic (exact) mass is 383 g/mol. The van der Waals surface area contributed by atoms with Crippen LogP contribution >= 0.6 is 0 Å². The highest BCUT2D eigenvalue weighted by Crippen LogP contribution is 2.44. The second-order valence-electron chi connectivity index (χ2n) is 8.01. The van der Waals surface area contributed by atoms with Gasteiger partial charge in [-0.05, 0) is 56.5 Å². The van der Waals surface area contributed by atoms with Crippen LogP contribution in [0.1, 0.15) is 56.4 Å². The summed E-state index contributed by atoms with van der Waals surface area (Å²) in [6.07, 6.45) is 1.76. The highest BCUT2D eigenvalue weighted by atomic mass is 16.6. The van der Waals surface area contributed by atoms with Crippen molar-refractivity contribution < 1.29 is 14.2 Å². The largest absolute Gasteiger partial charge is 0.485 e. The summed E-state index contributed by atoms with van der Waals surface area (Å²) in [7, 11) is 1.93. The van der Waals surface area contributed by atoms with Gasteiger partial charge in [-0.15, -0.1) is 0 Å². The summed E-state index contributed by atoms with van der Waals surface area (Å²) < 4.78 is 19.2. The molecule has 2 aromatic rings. The Labute approximate surface area is 169 Å². The Kier molecular flexibility index (Phi) is 6.63. The van der Waals surface area contributed by atoms with Gasteiger partial charge in [0, 0.05) is 24.9 Å². The molecule has 0 radical (unpaired) electrons. The first-order chi connectivity index (χ1) is 13.5. The van der Waals surface area contributed by atoms with Gasteiger partial charge in [0.15, 0.2) is 0 Å². The normalized spacial score (nSPS) is 20.3. The van der Waals surface area contributed by atoms with Crippen molar-refractivity contribution >= 4 is 5.69 Å². The second kappa shape index (κ2) is 8.97. The van der Waals surface area contributed by atoms with Gasteiger partial charge in [0.2, 0.25) is 0 Å². The van der Waals surface area contributed by atoms with Crippen LogP contribution in [0.3, 0.4) is 0 Å². The Hall–Kier alpha value is -2.04. The minimum atomic E-state index is -0.492. The van der Waals surface area contributed by atoms with Gasteiger partial charge in [-0.25, -0.2) is 0 Å². The van der Waals surface area contributed by atoms with Gasteiger partial charge in [0.25, 0.3) is 0 Å². The number of aryl methyl sites for hydroxylation is 1. The lowest BCUT2D eigenvalue weighted by atomic mass is 9.87. The number of nitrogens with one attached hydrogen (secondary N) is 1. The summed E-state index contributed by atoms with van der Waals surface area (Å²) in [6, 6.07) is 14.5. The van der Waals surface area contributed by atoms with Crippen molar-refractivity contribution in [2.24, 2.45) is 0 Å². The van der Waals surface area contributed by atoms with Crippen LogP contribution in [0.4, 0.5) is 5.69 Å². The third-order valence-corrected chi connectivity index (χ3v) is 5.41. The van der Waals surface area contributed by atoms with Crippen LogP contribution in [-0.2, 0) is 16.1 Å². The lowest BCUT2D eigenvalue weighted by molar-refractivity contribution is -0.167. The van der Waals surface area contributed by atoms with E-state index >= 15 is 0 Å². The van der Waals surface area contributed by atoms with Gasteiger partial charge in [-0.2, -0.15) is 0 Å². The summed E-state index contributed by atoms with van der Waals surface area (Å²) in [5.74, 6) is 0.876. The fraction of sp³-hybridized carbons (Fsp3) is 0.500. The topological polar surface area (TPSA) is 39.7 Å². The summed E-state index contributed by atoms with van der Waals surface area (Å²) >= 11 is 0. The molecule has 152 valence electrons. The zero-order chi connectivity index (χ0) is 20.1. The molecule has 0 saturated carbocycles. The first-order valence-corrected chi connectivity index (χ1v) is 10.2. The zero-order valence-corrected chi connectivity index (χ0v) is 17.7. The quantitative estimate of drug-likeness (QED) is 0.598. The molecular weight excluding hydrogens is 350 g/mol. The van der Waals surface area contributed by atoms with Crippen LogP contribution in [0.2, 0.25) is 0 Å². The van der Waals surface area contributed by atoms with Gasteiger partial charge in [0.1, 0.15) is 23.6 Å². The Morgan fingerprint density at radius 3 is 2.61 bits per heavy atom. The molecule has 0 bridgehead atoms. The fourth-order valence-corrected chi connectivity index (χ4v) is 3.66. The molecule has 0 aliphatic carbocycles. The molecule has 4 heteroatoms. The lowest BCUT2D eigenvalue weighted by Crippen LogP contribution is -2.51. The molecule has 0 fully saturated rings. The molecule has 2 aromatic carbocycles. The summed E-state index contributed by atoms with van der Waals surface area (Å²) in [6.45, 7) is 9.71. The average Bonchev–Trinajstić information content (AvgIpc) is 2.67. The van der Waals surface area contributed by atoms with Gasteiger partial charge in [0.05, 0.1) is 6.61 Å². The Bertz CT molecular complexity index is 787. The molecule has 0 spiro atoms. The number of hydrogen-bond donors (Lipinski definition) is 1. The second-order valence-corrected chi connectivity index (χ2v) is 8.01. The lowest BCUT2D eigenvalue weighted by Gasteiger charge is -2.44. The molecule has 0 amide bonds. The highest BCUT2D eigenvalue weighted by molar-refractivity contribution is 5.53. The molecule has 3 rings (SSSR count). The van der Waals surface area contributed by atoms with E-state index in [1.165, 1.54) is 11.1 Å². The van der Waals surface area contributed by atoms with E-state index in [2.05, 4.69) is 63.3 Å². The highest BCUT2D eigenvalue weighted by Gasteiger charge is 2.45. The number of benzene rings is 2. The number of ether oxygens (including phenoxy) is 3. The fourth-order valence-electron chi connectivity index (χ4n) is 3.66. The predicted molar refractivity (Wildman–Crippen MR) is 114 cm³/mol. The standard InChI is InChI=1S/C24H33NO3/c1-6-7-14-26-22-20-15-19(25-5)12-13-21(20)28-24(3,4)23(22)27-16-18-11-9-8-10-17(18)2/h8-13,15,22-23,25H,6-7,14,16H2,1-5H3. The first-order valence-electron chi connectivity index (χ1n) is 10.2. The van der Waals surface area contributed by atoms with Crippen LogP contribution in [0.5, 0.6) is 5.75 Å². The van der Waals surface area contributed by atoms with Crippen LogP contribution in [-0.4, -0.2) is 25.4 Å². The molecule has 1 N–H and O–H groups in total. The molecule has 4 nitrogen and oxygen atoms in total. The van der Waals surface area contributed by atoms with E-state index in [0.717, 1.165) is 29.8 Å². The molecule has 1 aliphatic rings. The van der Waals surface area contributed by atoms with E-state index in [9.17, 15) is 0 Å². The smallest absolute Gasteiger partial charge is 0.132 e. The van der Waals surface area contributed by atoms with Crippen molar-refractivity contribution in [3.8, 4) is 5.75 Å². The Balaban J connectivity index is 1.90. The first kappa shape index (κ1) is 20.7. The molecule has 0 aromatic heterocycles. The SMILES string of the molecule is CCCCOC1c2cc(NC)ccc2OC(C)(C)C1OCc1ccccc1C. The summed E-state index contributed by atoms with van der Waals surface area (Å²) in [4.78, 5) is 0. The van der Waals surface area contributed by atoms with Gasteiger partial charge in [-0.1, -0.05) is 37.6 Å². The number of fused-ring (bicyclic) bond motifs is 1.